The number of phenols is 1. The molecule has 2 aromatic rings. The van der Waals surface area contributed by atoms with Gasteiger partial charge in [0.1, 0.15) is 17.1 Å². The van der Waals surface area contributed by atoms with Crippen molar-refractivity contribution in [3.63, 3.8) is 0 Å². The smallest absolute Gasteiger partial charge is 0.342 e. The number of esters is 1. The van der Waals surface area contributed by atoms with Crippen LogP contribution in [0.5, 0.6) is 11.5 Å². The van der Waals surface area contributed by atoms with Crippen molar-refractivity contribution in [2.45, 2.75) is 27.2 Å². The molecular weight excluding hydrogens is 340 g/mol. The summed E-state index contributed by atoms with van der Waals surface area (Å²) in [5, 5.41) is 10.8. The molecule has 0 aliphatic heterocycles. The van der Waals surface area contributed by atoms with Gasteiger partial charge in [-0.2, -0.15) is 0 Å². The van der Waals surface area contributed by atoms with Gasteiger partial charge < -0.3 is 14.6 Å². The van der Waals surface area contributed by atoms with Crippen LogP contribution in [-0.2, 0) is 11.2 Å². The number of ether oxygens (including phenoxy) is 2. The highest BCUT2D eigenvalue weighted by atomic mass is 16.5. The average molecular weight is 366 g/mol. The van der Waals surface area contributed by atoms with Crippen LogP contribution in [0.2, 0.25) is 0 Å². The Bertz CT molecular complexity index is 844. The molecule has 0 atom stereocenters. The first kappa shape index (κ1) is 20.3. The molecular formula is C23H26O4. The third kappa shape index (κ3) is 5.23. The maximum Gasteiger partial charge on any atom is 0.342 e. The number of rotatable bonds is 7. The molecule has 0 spiro atoms. The second-order valence-electron chi connectivity index (χ2n) is 6.32. The van der Waals surface area contributed by atoms with Crippen molar-refractivity contribution >= 4 is 18.1 Å². The molecule has 0 heterocycles. The van der Waals surface area contributed by atoms with Crippen molar-refractivity contribution in [1.29, 1.82) is 0 Å². The lowest BCUT2D eigenvalue weighted by Crippen LogP contribution is -2.09. The lowest BCUT2D eigenvalue weighted by Gasteiger charge is -2.15. The Hall–Kier alpha value is -3.01. The molecule has 2 rings (SSSR count). The van der Waals surface area contributed by atoms with Gasteiger partial charge in [0.25, 0.3) is 0 Å². The van der Waals surface area contributed by atoms with Crippen LogP contribution in [0, 0.1) is 0 Å². The zero-order valence-corrected chi connectivity index (χ0v) is 16.3. The molecule has 0 saturated carbocycles. The van der Waals surface area contributed by atoms with E-state index < -0.39 is 5.97 Å². The van der Waals surface area contributed by atoms with Gasteiger partial charge in [-0.05, 0) is 44.4 Å². The number of hydrogen-bond acceptors (Lipinski definition) is 4. The van der Waals surface area contributed by atoms with Crippen molar-refractivity contribution in [2.75, 3.05) is 13.7 Å². The Morgan fingerprint density at radius 1 is 1.15 bits per heavy atom. The Morgan fingerprint density at radius 2 is 1.85 bits per heavy atom. The zero-order valence-electron chi connectivity index (χ0n) is 16.3. The predicted molar refractivity (Wildman–Crippen MR) is 109 cm³/mol. The number of carbonyl (C=O) groups is 1. The quantitative estimate of drug-likeness (QED) is 0.413. The number of hydrogen-bond donors (Lipinski definition) is 1. The van der Waals surface area contributed by atoms with Gasteiger partial charge in [-0.3, -0.25) is 0 Å². The summed E-state index contributed by atoms with van der Waals surface area (Å²) in [7, 11) is 1.55. The number of methoxy groups -OCH3 is 1. The fraction of sp³-hybridized carbons (Fsp3) is 0.261. The highest BCUT2D eigenvalue weighted by molar-refractivity contribution is 5.98. The summed E-state index contributed by atoms with van der Waals surface area (Å²) >= 11 is 0. The van der Waals surface area contributed by atoms with E-state index in [1.807, 2.05) is 56.3 Å². The first-order valence-corrected chi connectivity index (χ1v) is 8.94. The average Bonchev–Trinajstić information content (AvgIpc) is 2.65. The van der Waals surface area contributed by atoms with Gasteiger partial charge in [-0.1, -0.05) is 54.1 Å². The van der Waals surface area contributed by atoms with E-state index in [0.717, 1.165) is 11.1 Å². The van der Waals surface area contributed by atoms with Gasteiger partial charge in [-0.25, -0.2) is 4.79 Å². The topological polar surface area (TPSA) is 55.8 Å². The van der Waals surface area contributed by atoms with Gasteiger partial charge in [0.05, 0.1) is 13.7 Å². The summed E-state index contributed by atoms with van der Waals surface area (Å²) in [6, 6.07) is 11.5. The fourth-order valence-corrected chi connectivity index (χ4v) is 2.69. The van der Waals surface area contributed by atoms with Crippen molar-refractivity contribution < 1.29 is 19.4 Å². The number of benzene rings is 2. The first-order chi connectivity index (χ1) is 13.0. The molecule has 0 saturated heterocycles. The van der Waals surface area contributed by atoms with Crippen LogP contribution in [0.1, 0.15) is 47.8 Å². The van der Waals surface area contributed by atoms with E-state index in [1.54, 1.807) is 26.2 Å². The molecule has 2 aromatic carbocycles. The van der Waals surface area contributed by atoms with Crippen molar-refractivity contribution in [3.05, 3.63) is 70.3 Å². The number of aromatic hydroxyl groups is 1. The Morgan fingerprint density at radius 3 is 2.44 bits per heavy atom. The summed E-state index contributed by atoms with van der Waals surface area (Å²) in [5.41, 5.74) is 3.37. The molecule has 4 nitrogen and oxygen atoms in total. The molecule has 142 valence electrons. The summed E-state index contributed by atoms with van der Waals surface area (Å²) in [6.07, 6.45) is 6.11. The molecule has 0 fully saturated rings. The lowest BCUT2D eigenvalue weighted by molar-refractivity contribution is 0.0522. The van der Waals surface area contributed by atoms with Crippen LogP contribution >= 0.6 is 0 Å². The largest absolute Gasteiger partial charge is 0.507 e. The molecule has 0 aromatic heterocycles. The summed E-state index contributed by atoms with van der Waals surface area (Å²) in [6.45, 7) is 5.93. The van der Waals surface area contributed by atoms with Crippen LogP contribution in [0.15, 0.2) is 48.0 Å². The van der Waals surface area contributed by atoms with E-state index in [0.29, 0.717) is 23.3 Å². The molecule has 0 aliphatic carbocycles. The molecule has 0 aliphatic rings. The minimum Gasteiger partial charge on any atom is -0.507 e. The Kier molecular flexibility index (Phi) is 7.24. The second-order valence-corrected chi connectivity index (χ2v) is 6.32. The van der Waals surface area contributed by atoms with Gasteiger partial charge in [0, 0.05) is 5.56 Å². The third-order valence-electron chi connectivity index (χ3n) is 4.06. The van der Waals surface area contributed by atoms with Gasteiger partial charge in [0.2, 0.25) is 0 Å². The SMILES string of the molecule is CCOC(=O)c1c(C=Cc2ccccc2)cc(OC)c(CC=C(C)C)c1O. The molecule has 27 heavy (non-hydrogen) atoms. The van der Waals surface area contributed by atoms with Crippen LogP contribution < -0.4 is 4.74 Å². The predicted octanol–water partition coefficient (Wildman–Crippen LogP) is 5.26. The summed E-state index contributed by atoms with van der Waals surface area (Å²) < 4.78 is 10.6. The fourth-order valence-electron chi connectivity index (χ4n) is 2.69. The summed E-state index contributed by atoms with van der Waals surface area (Å²) in [5.74, 6) is -0.118. The molecule has 0 bridgehead atoms. The molecule has 1 N–H and O–H groups in total. The Balaban J connectivity index is 2.59. The van der Waals surface area contributed by atoms with Gasteiger partial charge in [-0.15, -0.1) is 0 Å². The number of carbonyl (C=O) groups excluding carboxylic acids is 1. The second kappa shape index (κ2) is 9.62. The molecule has 4 heteroatoms. The van der Waals surface area contributed by atoms with E-state index >= 15 is 0 Å². The van der Waals surface area contributed by atoms with Crippen molar-refractivity contribution in [1.82, 2.24) is 0 Å². The maximum absolute atomic E-state index is 12.5. The minimum absolute atomic E-state index is 0.0991. The highest BCUT2D eigenvalue weighted by Gasteiger charge is 2.23. The van der Waals surface area contributed by atoms with Gasteiger partial charge in [0.15, 0.2) is 0 Å². The minimum atomic E-state index is -0.552. The first-order valence-electron chi connectivity index (χ1n) is 8.94. The highest BCUT2D eigenvalue weighted by Crippen LogP contribution is 2.36. The number of phenolic OH excluding ortho intramolecular Hbond substituents is 1. The van der Waals surface area contributed by atoms with Crippen LogP contribution in [0.4, 0.5) is 0 Å². The van der Waals surface area contributed by atoms with Crippen LogP contribution in [0.25, 0.3) is 12.2 Å². The standard InChI is InChI=1S/C23H26O4/c1-5-27-23(25)21-18(13-12-17-9-7-6-8-10-17)15-20(26-4)19(22(21)24)14-11-16(2)3/h6-13,15,24H,5,14H2,1-4H3. The van der Waals surface area contributed by atoms with E-state index in [9.17, 15) is 9.90 Å². The van der Waals surface area contributed by atoms with Crippen LogP contribution in [-0.4, -0.2) is 24.8 Å². The van der Waals surface area contributed by atoms with E-state index in [4.69, 9.17) is 9.47 Å². The Labute approximate surface area is 160 Å². The third-order valence-corrected chi connectivity index (χ3v) is 4.06. The van der Waals surface area contributed by atoms with Gasteiger partial charge >= 0.3 is 5.97 Å². The molecule has 0 radical (unpaired) electrons. The zero-order chi connectivity index (χ0) is 19.8. The normalized spacial score (nSPS) is 10.7. The molecule has 0 amide bonds. The lowest BCUT2D eigenvalue weighted by atomic mass is 9.97. The summed E-state index contributed by atoms with van der Waals surface area (Å²) in [4.78, 5) is 12.5. The van der Waals surface area contributed by atoms with Crippen LogP contribution in [0.3, 0.4) is 0 Å². The molecule has 0 unspecified atom stereocenters. The maximum atomic E-state index is 12.5. The monoisotopic (exact) mass is 366 g/mol. The number of allylic oxidation sites excluding steroid dienone is 2. The van der Waals surface area contributed by atoms with E-state index in [-0.39, 0.29) is 17.9 Å². The van der Waals surface area contributed by atoms with Crippen molar-refractivity contribution in [2.24, 2.45) is 0 Å². The van der Waals surface area contributed by atoms with Crippen molar-refractivity contribution in [3.8, 4) is 11.5 Å². The van der Waals surface area contributed by atoms with E-state index in [2.05, 4.69) is 0 Å². The van der Waals surface area contributed by atoms with E-state index in [1.165, 1.54) is 0 Å².